The van der Waals surface area contributed by atoms with Crippen molar-refractivity contribution in [2.24, 2.45) is 11.8 Å². The predicted molar refractivity (Wildman–Crippen MR) is 158 cm³/mol. The molecule has 3 aromatic rings. The predicted octanol–water partition coefficient (Wildman–Crippen LogP) is 3.22. The van der Waals surface area contributed by atoms with Crippen molar-refractivity contribution in [1.82, 2.24) is 25.5 Å². The van der Waals surface area contributed by atoms with Gasteiger partial charge in [-0.15, -0.1) is 0 Å². The highest BCUT2D eigenvalue weighted by Crippen LogP contribution is 2.35. The molecule has 1 atom stereocenters. The molecule has 43 heavy (non-hydrogen) atoms. The summed E-state index contributed by atoms with van der Waals surface area (Å²) < 4.78 is 0. The molecule has 10 heteroatoms. The van der Waals surface area contributed by atoms with Gasteiger partial charge in [-0.3, -0.25) is 34.4 Å². The molecule has 4 aliphatic rings. The zero-order chi connectivity index (χ0) is 29.7. The number of hydrogen-bond acceptors (Lipinski definition) is 8. The summed E-state index contributed by atoms with van der Waals surface area (Å²) >= 11 is 0. The normalized spacial score (nSPS) is 23.3. The summed E-state index contributed by atoms with van der Waals surface area (Å²) in [5, 5.41) is 14.4. The van der Waals surface area contributed by atoms with Crippen LogP contribution >= 0.6 is 0 Å². The summed E-state index contributed by atoms with van der Waals surface area (Å²) in [5.74, 6) is 4.75. The Labute approximate surface area is 247 Å². The molecule has 1 aromatic heterocycles. The number of fused-ring (bicyclic) bond motifs is 2. The van der Waals surface area contributed by atoms with Crippen LogP contribution in [0.15, 0.2) is 54.9 Å². The lowest BCUT2D eigenvalue weighted by Crippen LogP contribution is -2.54. The van der Waals surface area contributed by atoms with Crippen molar-refractivity contribution in [2.75, 3.05) is 0 Å². The first kappa shape index (κ1) is 26.7. The van der Waals surface area contributed by atoms with Crippen molar-refractivity contribution < 1.29 is 19.2 Å². The van der Waals surface area contributed by atoms with Gasteiger partial charge in [-0.25, -0.2) is 4.98 Å². The lowest BCUT2D eigenvalue weighted by atomic mass is 9.80. The Morgan fingerprint density at radius 1 is 1.00 bits per heavy atom. The third-order valence-electron chi connectivity index (χ3n) is 8.46. The Kier molecular flexibility index (Phi) is 6.58. The van der Waals surface area contributed by atoms with Gasteiger partial charge in [-0.05, 0) is 62.4 Å². The zero-order valence-corrected chi connectivity index (χ0v) is 23.2. The average Bonchev–Trinajstić information content (AvgIpc) is 3.81. The molecule has 0 radical (unpaired) electrons. The van der Waals surface area contributed by atoms with Crippen molar-refractivity contribution >= 4 is 45.9 Å². The van der Waals surface area contributed by atoms with E-state index in [2.05, 4.69) is 27.5 Å². The number of amides is 4. The Balaban J connectivity index is 1.01. The molecule has 0 bridgehead atoms. The van der Waals surface area contributed by atoms with Crippen LogP contribution in [0.1, 0.15) is 70.5 Å². The van der Waals surface area contributed by atoms with Gasteiger partial charge in [-0.1, -0.05) is 24.0 Å². The average molecular weight is 573 g/mol. The smallest absolute Gasteiger partial charge is 0.262 e. The molecule has 2 aliphatic carbocycles. The number of allylic oxidation sites excluding steroid dienone is 1. The highest BCUT2D eigenvalue weighted by Gasteiger charge is 2.44. The summed E-state index contributed by atoms with van der Waals surface area (Å²) in [6, 6.07) is 11.8. The van der Waals surface area contributed by atoms with Crippen LogP contribution in [-0.2, 0) is 9.59 Å². The van der Waals surface area contributed by atoms with E-state index < -0.39 is 29.7 Å². The number of nitrogens with one attached hydrogen (secondary N) is 3. The summed E-state index contributed by atoms with van der Waals surface area (Å²) in [6.45, 7) is 0. The van der Waals surface area contributed by atoms with Crippen LogP contribution in [0.3, 0.4) is 0 Å². The molecule has 3 fully saturated rings. The Morgan fingerprint density at radius 2 is 1.77 bits per heavy atom. The van der Waals surface area contributed by atoms with E-state index in [0.717, 1.165) is 47.2 Å². The largest absolute Gasteiger partial charge is 0.387 e. The molecule has 10 nitrogen and oxygen atoms in total. The van der Waals surface area contributed by atoms with Crippen molar-refractivity contribution in [2.45, 2.75) is 50.6 Å². The Morgan fingerprint density at radius 3 is 2.53 bits per heavy atom. The minimum absolute atomic E-state index is 0.0788. The molecule has 1 saturated heterocycles. The van der Waals surface area contributed by atoms with Crippen LogP contribution in [-0.4, -0.2) is 56.3 Å². The van der Waals surface area contributed by atoms with Crippen molar-refractivity contribution in [3.05, 3.63) is 77.2 Å². The van der Waals surface area contributed by atoms with Crippen LogP contribution < -0.4 is 10.6 Å². The number of para-hydroxylation sites is 2. The van der Waals surface area contributed by atoms with E-state index in [1.807, 2.05) is 30.5 Å². The fourth-order valence-electron chi connectivity index (χ4n) is 5.78. The van der Waals surface area contributed by atoms with Crippen LogP contribution in [0.2, 0.25) is 0 Å². The lowest BCUT2D eigenvalue weighted by Gasteiger charge is -2.32. The topological polar surface area (TPSA) is 145 Å². The van der Waals surface area contributed by atoms with Gasteiger partial charge in [0.05, 0.1) is 34.1 Å². The van der Waals surface area contributed by atoms with Gasteiger partial charge in [0.25, 0.3) is 11.8 Å². The number of piperidine rings is 1. The van der Waals surface area contributed by atoms with Crippen LogP contribution in [0.25, 0.3) is 16.6 Å². The van der Waals surface area contributed by atoms with Gasteiger partial charge >= 0.3 is 0 Å². The van der Waals surface area contributed by atoms with E-state index in [0.29, 0.717) is 17.0 Å². The zero-order valence-electron chi connectivity index (χ0n) is 23.2. The van der Waals surface area contributed by atoms with E-state index in [9.17, 15) is 19.2 Å². The maximum Gasteiger partial charge on any atom is 0.262 e. The molecule has 3 N–H and O–H groups in total. The van der Waals surface area contributed by atoms with Gasteiger partial charge in [0, 0.05) is 47.3 Å². The summed E-state index contributed by atoms with van der Waals surface area (Å²) in [7, 11) is 0. The fourth-order valence-corrected chi connectivity index (χ4v) is 5.78. The molecule has 2 aromatic carbocycles. The molecule has 3 heterocycles. The van der Waals surface area contributed by atoms with E-state index in [4.69, 9.17) is 10.4 Å². The Hall–Kier alpha value is -5.17. The first-order chi connectivity index (χ1) is 20.9. The van der Waals surface area contributed by atoms with Gasteiger partial charge < -0.3 is 10.7 Å². The van der Waals surface area contributed by atoms with Crippen LogP contribution in [0.5, 0.6) is 0 Å². The summed E-state index contributed by atoms with van der Waals surface area (Å²) in [6.07, 6.45) is 7.56. The lowest BCUT2D eigenvalue weighted by molar-refractivity contribution is -0.136. The number of aromatic nitrogens is 2. The minimum atomic E-state index is -0.991. The standard InChI is InChI=1S/C33H28N6O4/c34-30(20-8-9-20)24(27-17-36-25-3-1-2-4-26(25)37-27)16-35-21-13-19(14-21)6-5-18-7-10-22-23(15-18)33(43)39(32(22)42)28-11-12-29(40)38-31(28)41/h1-4,7,10,15-17,19-21,28,34-35H,8-9,11-14H2,(H,38,40,41)/b24-16-,34-30?. The van der Waals surface area contributed by atoms with Crippen LogP contribution in [0.4, 0.5) is 0 Å². The first-order valence-corrected chi connectivity index (χ1v) is 14.5. The molecule has 4 amide bonds. The van der Waals surface area contributed by atoms with Gasteiger partial charge in [0.2, 0.25) is 11.8 Å². The third-order valence-corrected chi connectivity index (χ3v) is 8.46. The highest BCUT2D eigenvalue weighted by atomic mass is 16.2. The number of hydrogen-bond donors (Lipinski definition) is 3. The van der Waals surface area contributed by atoms with Crippen molar-refractivity contribution in [3.63, 3.8) is 0 Å². The molecule has 2 saturated carbocycles. The molecule has 7 rings (SSSR count). The summed E-state index contributed by atoms with van der Waals surface area (Å²) in [5.41, 5.74) is 4.77. The SMILES string of the molecule is N=C(/C(=C\NC1CC(C#Cc2ccc3c(c2)C(=O)N(C2CCC(=O)NC2=O)C3=O)C1)c1cnc2ccccc2n1)C1CC1. The highest BCUT2D eigenvalue weighted by molar-refractivity contribution is 6.24. The third kappa shape index (κ3) is 5.07. The minimum Gasteiger partial charge on any atom is -0.387 e. The molecular weight excluding hydrogens is 544 g/mol. The van der Waals surface area contributed by atoms with E-state index >= 15 is 0 Å². The monoisotopic (exact) mass is 572 g/mol. The van der Waals surface area contributed by atoms with E-state index in [-0.39, 0.29) is 41.8 Å². The number of nitrogens with zero attached hydrogens (tertiary/aromatic N) is 3. The van der Waals surface area contributed by atoms with E-state index in [1.54, 1.807) is 24.4 Å². The summed E-state index contributed by atoms with van der Waals surface area (Å²) in [4.78, 5) is 60.0. The number of imide groups is 2. The second-order valence-corrected chi connectivity index (χ2v) is 11.5. The van der Waals surface area contributed by atoms with Gasteiger partial charge in [-0.2, -0.15) is 0 Å². The molecule has 214 valence electrons. The second kappa shape index (κ2) is 10.6. The second-order valence-electron chi connectivity index (χ2n) is 11.5. The molecule has 0 spiro atoms. The van der Waals surface area contributed by atoms with Crippen LogP contribution in [0, 0.1) is 29.1 Å². The first-order valence-electron chi connectivity index (χ1n) is 14.5. The Bertz CT molecular complexity index is 1830. The molecule has 2 aliphatic heterocycles. The quantitative estimate of drug-likeness (QED) is 0.234. The van der Waals surface area contributed by atoms with Gasteiger partial charge in [0.1, 0.15) is 6.04 Å². The number of carbonyl (C=O) groups is 4. The van der Waals surface area contributed by atoms with Gasteiger partial charge in [0.15, 0.2) is 0 Å². The number of rotatable bonds is 6. The number of benzene rings is 2. The number of carbonyl (C=O) groups excluding carboxylic acids is 4. The maximum atomic E-state index is 13.1. The fraction of sp³-hybridized carbons (Fsp3) is 0.303. The molecule has 1 unspecified atom stereocenters. The van der Waals surface area contributed by atoms with E-state index in [1.165, 1.54) is 0 Å². The molecular formula is C33H28N6O4. The van der Waals surface area contributed by atoms with Crippen molar-refractivity contribution in [1.29, 1.82) is 5.41 Å². The van der Waals surface area contributed by atoms with Crippen molar-refractivity contribution in [3.8, 4) is 11.8 Å². The maximum absolute atomic E-state index is 13.1.